The molecular weight excluding hydrogens is 324 g/mol. The van der Waals surface area contributed by atoms with Gasteiger partial charge in [0.25, 0.3) is 0 Å². The van der Waals surface area contributed by atoms with Crippen LogP contribution in [0.3, 0.4) is 0 Å². The molecule has 2 aromatic carbocycles. The number of nitrogens with one attached hydrogen (secondary N) is 1. The summed E-state index contributed by atoms with van der Waals surface area (Å²) in [5.74, 6) is 1.33. The van der Waals surface area contributed by atoms with E-state index >= 15 is 0 Å². The molecule has 26 heavy (non-hydrogen) atoms. The molecule has 0 saturated heterocycles. The minimum atomic E-state index is 0.0666. The minimum Gasteiger partial charge on any atom is -0.439 e. The number of carbonyl (C=O) groups is 1. The molecular formula is C22H22N2O2. The first-order valence-electron chi connectivity index (χ1n) is 8.78. The fraction of sp³-hybridized carbons (Fsp3) is 0.182. The molecule has 4 nitrogen and oxygen atoms in total. The SMILES string of the molecule is O=C(CCCc1ccccc1)NCc1cccc(Oc2ccccn2)c1. The molecule has 1 heterocycles. The number of hydrogen-bond donors (Lipinski definition) is 1. The molecule has 0 aliphatic heterocycles. The highest BCUT2D eigenvalue weighted by Crippen LogP contribution is 2.20. The second kappa shape index (κ2) is 9.37. The van der Waals surface area contributed by atoms with E-state index < -0.39 is 0 Å². The normalized spacial score (nSPS) is 10.3. The third kappa shape index (κ3) is 5.74. The zero-order valence-electron chi connectivity index (χ0n) is 14.6. The summed E-state index contributed by atoms with van der Waals surface area (Å²) in [6.07, 6.45) is 3.98. The molecule has 0 radical (unpaired) electrons. The summed E-state index contributed by atoms with van der Waals surface area (Å²) in [6, 6.07) is 23.4. The van der Waals surface area contributed by atoms with Crippen LogP contribution in [0.1, 0.15) is 24.0 Å². The van der Waals surface area contributed by atoms with Crippen molar-refractivity contribution in [2.45, 2.75) is 25.8 Å². The zero-order chi connectivity index (χ0) is 18.0. The highest BCUT2D eigenvalue weighted by molar-refractivity contribution is 5.75. The smallest absolute Gasteiger partial charge is 0.220 e. The van der Waals surface area contributed by atoms with Crippen LogP contribution in [0, 0.1) is 0 Å². The Labute approximate surface area is 153 Å². The van der Waals surface area contributed by atoms with Gasteiger partial charge in [-0.05, 0) is 42.2 Å². The summed E-state index contributed by atoms with van der Waals surface area (Å²) in [7, 11) is 0. The average molecular weight is 346 g/mol. The van der Waals surface area contributed by atoms with Gasteiger partial charge < -0.3 is 10.1 Å². The highest BCUT2D eigenvalue weighted by atomic mass is 16.5. The van der Waals surface area contributed by atoms with Crippen LogP contribution in [0.4, 0.5) is 0 Å². The van der Waals surface area contributed by atoms with Gasteiger partial charge in [0.05, 0.1) is 0 Å². The van der Waals surface area contributed by atoms with Crippen molar-refractivity contribution >= 4 is 5.91 Å². The highest BCUT2D eigenvalue weighted by Gasteiger charge is 2.04. The number of nitrogens with zero attached hydrogens (tertiary/aromatic N) is 1. The Morgan fingerprint density at radius 3 is 2.54 bits per heavy atom. The van der Waals surface area contributed by atoms with Crippen molar-refractivity contribution < 1.29 is 9.53 Å². The van der Waals surface area contributed by atoms with Gasteiger partial charge in [-0.25, -0.2) is 4.98 Å². The van der Waals surface area contributed by atoms with Gasteiger partial charge in [0.15, 0.2) is 0 Å². The van der Waals surface area contributed by atoms with Gasteiger partial charge in [-0.2, -0.15) is 0 Å². The minimum absolute atomic E-state index is 0.0666. The third-order valence-corrected chi connectivity index (χ3v) is 3.96. The molecule has 132 valence electrons. The first kappa shape index (κ1) is 17.7. The van der Waals surface area contributed by atoms with E-state index in [1.807, 2.05) is 54.6 Å². The standard InChI is InChI=1S/C22H22N2O2/c25-21(13-7-10-18-8-2-1-3-9-18)24-17-19-11-6-12-20(16-19)26-22-14-4-5-15-23-22/h1-6,8-9,11-12,14-16H,7,10,13,17H2,(H,24,25). The Morgan fingerprint density at radius 1 is 0.923 bits per heavy atom. The van der Waals surface area contributed by atoms with Crippen molar-refractivity contribution in [2.75, 3.05) is 0 Å². The van der Waals surface area contributed by atoms with Gasteiger partial charge in [0.1, 0.15) is 5.75 Å². The molecule has 4 heteroatoms. The number of hydrogen-bond acceptors (Lipinski definition) is 3. The second-order valence-corrected chi connectivity index (χ2v) is 6.03. The molecule has 0 saturated carbocycles. The summed E-state index contributed by atoms with van der Waals surface area (Å²) in [6.45, 7) is 0.490. The molecule has 1 N–H and O–H groups in total. The fourth-order valence-corrected chi connectivity index (χ4v) is 2.63. The van der Waals surface area contributed by atoms with E-state index in [2.05, 4.69) is 22.4 Å². The van der Waals surface area contributed by atoms with Crippen molar-refractivity contribution in [3.63, 3.8) is 0 Å². The summed E-state index contributed by atoms with van der Waals surface area (Å²) >= 11 is 0. The van der Waals surface area contributed by atoms with Crippen molar-refractivity contribution in [1.29, 1.82) is 0 Å². The van der Waals surface area contributed by atoms with Gasteiger partial charge in [-0.15, -0.1) is 0 Å². The molecule has 3 aromatic rings. The van der Waals surface area contributed by atoms with Crippen molar-refractivity contribution in [3.8, 4) is 11.6 Å². The number of rotatable bonds is 8. The van der Waals surface area contributed by atoms with E-state index in [0.29, 0.717) is 24.6 Å². The van der Waals surface area contributed by atoms with Crippen LogP contribution in [0.15, 0.2) is 79.0 Å². The average Bonchev–Trinajstić information content (AvgIpc) is 2.68. The molecule has 1 amide bonds. The molecule has 0 unspecified atom stereocenters. The van der Waals surface area contributed by atoms with Crippen molar-refractivity contribution in [3.05, 3.63) is 90.1 Å². The van der Waals surface area contributed by atoms with Crippen LogP contribution in [-0.4, -0.2) is 10.9 Å². The summed E-state index contributed by atoms with van der Waals surface area (Å²) in [5.41, 5.74) is 2.26. The molecule has 0 spiro atoms. The predicted octanol–water partition coefficient (Wildman–Crippen LogP) is 4.51. The Hall–Kier alpha value is -3.14. The largest absolute Gasteiger partial charge is 0.439 e. The van der Waals surface area contributed by atoms with Crippen molar-refractivity contribution in [1.82, 2.24) is 10.3 Å². The number of benzene rings is 2. The van der Waals surface area contributed by atoms with E-state index in [4.69, 9.17) is 4.74 Å². The van der Waals surface area contributed by atoms with Gasteiger partial charge in [0, 0.05) is 25.2 Å². The molecule has 0 fully saturated rings. The molecule has 3 rings (SSSR count). The predicted molar refractivity (Wildman–Crippen MR) is 102 cm³/mol. The van der Waals surface area contributed by atoms with Crippen LogP contribution in [0.2, 0.25) is 0 Å². The van der Waals surface area contributed by atoms with E-state index in [1.54, 1.807) is 12.3 Å². The maximum Gasteiger partial charge on any atom is 0.220 e. The van der Waals surface area contributed by atoms with Crippen LogP contribution in [-0.2, 0) is 17.8 Å². The van der Waals surface area contributed by atoms with Gasteiger partial charge in [-0.1, -0.05) is 48.5 Å². The molecule has 0 aliphatic rings. The van der Waals surface area contributed by atoms with Crippen LogP contribution < -0.4 is 10.1 Å². The van der Waals surface area contributed by atoms with Gasteiger partial charge in [-0.3, -0.25) is 4.79 Å². The number of aryl methyl sites for hydroxylation is 1. The number of pyridine rings is 1. The number of ether oxygens (including phenoxy) is 1. The lowest BCUT2D eigenvalue weighted by Gasteiger charge is -2.08. The molecule has 0 atom stereocenters. The van der Waals surface area contributed by atoms with Crippen LogP contribution >= 0.6 is 0 Å². The number of carbonyl (C=O) groups excluding carboxylic acids is 1. The molecule has 0 aliphatic carbocycles. The van der Waals surface area contributed by atoms with Crippen LogP contribution in [0.5, 0.6) is 11.6 Å². The van der Waals surface area contributed by atoms with Crippen molar-refractivity contribution in [2.24, 2.45) is 0 Å². The fourth-order valence-electron chi connectivity index (χ4n) is 2.63. The summed E-state index contributed by atoms with van der Waals surface area (Å²) < 4.78 is 5.72. The first-order chi connectivity index (χ1) is 12.8. The first-order valence-corrected chi connectivity index (χ1v) is 8.78. The third-order valence-electron chi connectivity index (χ3n) is 3.96. The topological polar surface area (TPSA) is 51.2 Å². The Balaban J connectivity index is 1.44. The maximum atomic E-state index is 12.0. The van der Waals surface area contributed by atoms with E-state index in [-0.39, 0.29) is 5.91 Å². The van der Waals surface area contributed by atoms with Gasteiger partial charge >= 0.3 is 0 Å². The van der Waals surface area contributed by atoms with E-state index in [9.17, 15) is 4.79 Å². The maximum absolute atomic E-state index is 12.0. The zero-order valence-corrected chi connectivity index (χ0v) is 14.6. The molecule has 0 bridgehead atoms. The monoisotopic (exact) mass is 346 g/mol. The second-order valence-electron chi connectivity index (χ2n) is 6.03. The lowest BCUT2D eigenvalue weighted by molar-refractivity contribution is -0.121. The quantitative estimate of drug-likeness (QED) is 0.653. The number of amides is 1. The number of aromatic nitrogens is 1. The Kier molecular flexibility index (Phi) is 6.37. The van der Waals surface area contributed by atoms with E-state index in [0.717, 1.165) is 18.4 Å². The lowest BCUT2D eigenvalue weighted by Crippen LogP contribution is -2.22. The summed E-state index contributed by atoms with van der Waals surface area (Å²) in [4.78, 5) is 16.2. The Bertz CT molecular complexity index is 820. The van der Waals surface area contributed by atoms with E-state index in [1.165, 1.54) is 5.56 Å². The molecule has 1 aromatic heterocycles. The summed E-state index contributed by atoms with van der Waals surface area (Å²) in [5, 5.41) is 2.97. The lowest BCUT2D eigenvalue weighted by atomic mass is 10.1. The van der Waals surface area contributed by atoms with Gasteiger partial charge in [0.2, 0.25) is 11.8 Å². The van der Waals surface area contributed by atoms with Crippen LogP contribution in [0.25, 0.3) is 0 Å². The Morgan fingerprint density at radius 2 is 1.73 bits per heavy atom.